The van der Waals surface area contributed by atoms with Crippen LogP contribution in [0.3, 0.4) is 0 Å². The van der Waals surface area contributed by atoms with Gasteiger partial charge in [0, 0.05) is 24.9 Å². The van der Waals surface area contributed by atoms with E-state index in [0.717, 1.165) is 25.2 Å². The second-order valence-corrected chi connectivity index (χ2v) is 6.45. The quantitative estimate of drug-likeness (QED) is 0.482. The number of nitrogens with zero attached hydrogens (tertiary/aromatic N) is 3. The molecule has 1 atom stereocenters. The van der Waals surface area contributed by atoms with E-state index in [9.17, 15) is 4.79 Å². The zero-order valence-corrected chi connectivity index (χ0v) is 14.4. The molecule has 132 valence electrons. The molecule has 6 nitrogen and oxygen atoms in total. The third-order valence-electron chi connectivity index (χ3n) is 4.60. The number of aryl methyl sites for hydroxylation is 1. The minimum absolute atomic E-state index is 0.440. The summed E-state index contributed by atoms with van der Waals surface area (Å²) in [6, 6.07) is 8.69. The highest BCUT2D eigenvalue weighted by Gasteiger charge is 2.25. The number of likely N-dealkylation sites (tertiary alicyclic amines) is 1. The maximum Gasteiger partial charge on any atom is 0.267 e. The fourth-order valence-electron chi connectivity index (χ4n) is 3.33. The van der Waals surface area contributed by atoms with Crippen molar-refractivity contribution in [2.45, 2.75) is 32.4 Å². The first-order valence-electron chi connectivity index (χ1n) is 8.61. The lowest BCUT2D eigenvalue weighted by Gasteiger charge is -2.24. The van der Waals surface area contributed by atoms with Crippen molar-refractivity contribution in [2.75, 3.05) is 13.1 Å². The molecule has 1 aliphatic rings. The summed E-state index contributed by atoms with van der Waals surface area (Å²) in [7, 11) is 0. The van der Waals surface area contributed by atoms with Crippen LogP contribution >= 0.6 is 0 Å². The first kappa shape index (κ1) is 17.4. The smallest absolute Gasteiger partial charge is 0.267 e. The molecule has 1 aliphatic heterocycles. The molecule has 2 aromatic rings. The standard InChI is InChI=1S/C19H24N4O2/c1-15-13-20-23(14-15)12-11-22-10-2-3-18(22)17-7-4-16(5-8-17)6-9-19(24)21-25/h4-9,13-14,18,25H,2-3,10-12H2,1H3,(H,21,24)/b9-6+. The Balaban J connectivity index is 1.61. The van der Waals surface area contributed by atoms with E-state index in [2.05, 4.69) is 35.3 Å². The van der Waals surface area contributed by atoms with Gasteiger partial charge in [-0.1, -0.05) is 24.3 Å². The van der Waals surface area contributed by atoms with Gasteiger partial charge in [-0.2, -0.15) is 5.10 Å². The van der Waals surface area contributed by atoms with Gasteiger partial charge in [-0.05, 0) is 49.1 Å². The summed E-state index contributed by atoms with van der Waals surface area (Å²) in [6.07, 6.45) is 9.34. The first-order chi connectivity index (χ1) is 12.2. The Kier molecular flexibility index (Phi) is 5.63. The van der Waals surface area contributed by atoms with Crippen LogP contribution in [0, 0.1) is 6.92 Å². The van der Waals surface area contributed by atoms with Crippen LogP contribution in [0.1, 0.15) is 35.6 Å². The van der Waals surface area contributed by atoms with Crippen LogP contribution in [0.2, 0.25) is 0 Å². The molecule has 3 rings (SSSR count). The molecule has 0 aliphatic carbocycles. The number of amides is 1. The monoisotopic (exact) mass is 340 g/mol. The topological polar surface area (TPSA) is 70.4 Å². The lowest BCUT2D eigenvalue weighted by Crippen LogP contribution is -2.27. The zero-order chi connectivity index (χ0) is 17.6. The third-order valence-corrected chi connectivity index (χ3v) is 4.60. The predicted octanol–water partition coefficient (Wildman–Crippen LogP) is 2.55. The van der Waals surface area contributed by atoms with Crippen molar-refractivity contribution in [2.24, 2.45) is 0 Å². The highest BCUT2D eigenvalue weighted by atomic mass is 16.5. The minimum Gasteiger partial charge on any atom is -0.294 e. The number of hydrogen-bond acceptors (Lipinski definition) is 4. The van der Waals surface area contributed by atoms with Gasteiger partial charge in [-0.15, -0.1) is 0 Å². The van der Waals surface area contributed by atoms with Crippen molar-refractivity contribution in [1.29, 1.82) is 0 Å². The van der Waals surface area contributed by atoms with Gasteiger partial charge in [-0.25, -0.2) is 5.48 Å². The zero-order valence-electron chi connectivity index (χ0n) is 14.4. The van der Waals surface area contributed by atoms with Gasteiger partial charge < -0.3 is 0 Å². The predicted molar refractivity (Wildman–Crippen MR) is 95.9 cm³/mol. The molecule has 1 amide bonds. The van der Waals surface area contributed by atoms with Crippen LogP contribution in [0.15, 0.2) is 42.7 Å². The van der Waals surface area contributed by atoms with Crippen molar-refractivity contribution in [3.63, 3.8) is 0 Å². The second-order valence-electron chi connectivity index (χ2n) is 6.45. The van der Waals surface area contributed by atoms with Gasteiger partial charge in [0.2, 0.25) is 0 Å². The normalized spacial score (nSPS) is 18.1. The molecule has 0 radical (unpaired) electrons. The summed E-state index contributed by atoms with van der Waals surface area (Å²) in [5.74, 6) is -0.528. The van der Waals surface area contributed by atoms with Crippen LogP contribution in [0.4, 0.5) is 0 Å². The van der Waals surface area contributed by atoms with Crippen molar-refractivity contribution in [3.05, 3.63) is 59.4 Å². The Morgan fingerprint density at radius 1 is 1.36 bits per heavy atom. The maximum atomic E-state index is 11.0. The van der Waals surface area contributed by atoms with Crippen molar-refractivity contribution < 1.29 is 10.0 Å². The Morgan fingerprint density at radius 3 is 2.84 bits per heavy atom. The summed E-state index contributed by atoms with van der Waals surface area (Å²) in [5.41, 5.74) is 5.02. The molecule has 2 heterocycles. The number of hydroxylamine groups is 1. The molecule has 1 aromatic carbocycles. The van der Waals surface area contributed by atoms with Gasteiger partial charge in [-0.3, -0.25) is 19.6 Å². The second kappa shape index (κ2) is 8.09. The van der Waals surface area contributed by atoms with Crippen LogP contribution in [0.25, 0.3) is 6.08 Å². The van der Waals surface area contributed by atoms with Crippen molar-refractivity contribution in [1.82, 2.24) is 20.2 Å². The van der Waals surface area contributed by atoms with Crippen LogP contribution < -0.4 is 5.48 Å². The SMILES string of the molecule is Cc1cnn(CCN2CCCC2c2ccc(/C=C/C(=O)NO)cc2)c1. The van der Waals surface area contributed by atoms with E-state index in [0.29, 0.717) is 6.04 Å². The number of carbonyl (C=O) groups excluding carboxylic acids is 1. The van der Waals surface area contributed by atoms with E-state index in [4.69, 9.17) is 5.21 Å². The van der Waals surface area contributed by atoms with Gasteiger partial charge in [0.15, 0.2) is 0 Å². The minimum atomic E-state index is -0.528. The lowest BCUT2D eigenvalue weighted by atomic mass is 10.0. The summed E-state index contributed by atoms with van der Waals surface area (Å²) in [6.45, 7) is 5.07. The number of hydrogen-bond donors (Lipinski definition) is 2. The third kappa shape index (κ3) is 4.55. The number of benzene rings is 1. The van der Waals surface area contributed by atoms with E-state index in [1.165, 1.54) is 30.0 Å². The van der Waals surface area contributed by atoms with E-state index >= 15 is 0 Å². The van der Waals surface area contributed by atoms with Gasteiger partial charge in [0.25, 0.3) is 5.91 Å². The fraction of sp³-hybridized carbons (Fsp3) is 0.368. The Morgan fingerprint density at radius 2 is 2.16 bits per heavy atom. The van der Waals surface area contributed by atoms with E-state index in [1.54, 1.807) is 11.6 Å². The highest BCUT2D eigenvalue weighted by molar-refractivity contribution is 5.90. The maximum absolute atomic E-state index is 11.0. The van der Waals surface area contributed by atoms with Gasteiger partial charge in [0.1, 0.15) is 0 Å². The number of rotatable bonds is 6. The molecular formula is C19H24N4O2. The summed E-state index contributed by atoms with van der Waals surface area (Å²) in [4.78, 5) is 13.5. The molecule has 0 bridgehead atoms. The lowest BCUT2D eigenvalue weighted by molar-refractivity contribution is -0.124. The average Bonchev–Trinajstić information content (AvgIpc) is 3.27. The Bertz CT molecular complexity index is 736. The van der Waals surface area contributed by atoms with Gasteiger partial charge in [0.05, 0.1) is 12.7 Å². The highest BCUT2D eigenvalue weighted by Crippen LogP contribution is 2.31. The number of nitrogens with one attached hydrogen (secondary N) is 1. The summed E-state index contributed by atoms with van der Waals surface area (Å²) < 4.78 is 2.00. The molecule has 0 spiro atoms. The molecule has 6 heteroatoms. The molecule has 1 saturated heterocycles. The first-order valence-corrected chi connectivity index (χ1v) is 8.61. The molecule has 1 aromatic heterocycles. The molecular weight excluding hydrogens is 316 g/mol. The summed E-state index contributed by atoms with van der Waals surface area (Å²) in [5, 5.41) is 12.9. The van der Waals surface area contributed by atoms with E-state index in [1.807, 2.05) is 23.0 Å². The van der Waals surface area contributed by atoms with Crippen LogP contribution in [-0.2, 0) is 11.3 Å². The van der Waals surface area contributed by atoms with E-state index < -0.39 is 5.91 Å². The summed E-state index contributed by atoms with van der Waals surface area (Å²) >= 11 is 0. The molecule has 1 fully saturated rings. The molecule has 2 N–H and O–H groups in total. The molecule has 25 heavy (non-hydrogen) atoms. The largest absolute Gasteiger partial charge is 0.294 e. The Hall–Kier alpha value is -2.44. The fourth-order valence-corrected chi connectivity index (χ4v) is 3.33. The van der Waals surface area contributed by atoms with Crippen LogP contribution in [0.5, 0.6) is 0 Å². The van der Waals surface area contributed by atoms with Crippen LogP contribution in [-0.4, -0.2) is 38.9 Å². The van der Waals surface area contributed by atoms with E-state index in [-0.39, 0.29) is 0 Å². The molecule has 1 unspecified atom stereocenters. The van der Waals surface area contributed by atoms with Crippen molar-refractivity contribution in [3.8, 4) is 0 Å². The van der Waals surface area contributed by atoms with Gasteiger partial charge >= 0.3 is 0 Å². The number of carbonyl (C=O) groups is 1. The number of aromatic nitrogens is 2. The Labute approximate surface area is 147 Å². The molecule has 0 saturated carbocycles. The average molecular weight is 340 g/mol. The van der Waals surface area contributed by atoms with Crippen molar-refractivity contribution >= 4 is 12.0 Å².